The summed E-state index contributed by atoms with van der Waals surface area (Å²) in [7, 11) is 1.86. The number of hydrogen-bond donors (Lipinski definition) is 1. The second kappa shape index (κ2) is 5.06. The second-order valence-corrected chi connectivity index (χ2v) is 7.59. The Morgan fingerprint density at radius 3 is 2.64 bits per heavy atom. The Morgan fingerprint density at radius 1 is 1.36 bits per heavy atom. The van der Waals surface area contributed by atoms with Gasteiger partial charge in [0, 0.05) is 25.8 Å². The molecular formula is C16H26N4O2. The molecule has 22 heavy (non-hydrogen) atoms. The maximum Gasteiger partial charge on any atom is 0.244 e. The molecule has 1 N–H and O–H groups in total. The van der Waals surface area contributed by atoms with Crippen LogP contribution in [0.1, 0.15) is 40.5 Å². The molecule has 2 aliphatic rings. The number of anilines is 1. The first-order valence-electron chi connectivity index (χ1n) is 7.94. The van der Waals surface area contributed by atoms with E-state index in [2.05, 4.69) is 38.1 Å². The molecule has 0 saturated carbocycles. The average molecular weight is 306 g/mol. The number of nitrogens with one attached hydrogen (secondary N) is 1. The minimum Gasteiger partial charge on any atom is -0.368 e. The van der Waals surface area contributed by atoms with E-state index >= 15 is 0 Å². The minimum absolute atomic E-state index is 0.133. The van der Waals surface area contributed by atoms with Crippen molar-refractivity contribution in [1.29, 1.82) is 0 Å². The summed E-state index contributed by atoms with van der Waals surface area (Å²) in [6.07, 6.45) is 5.36. The number of rotatable bonds is 3. The molecule has 2 fully saturated rings. The van der Waals surface area contributed by atoms with Gasteiger partial charge in [-0.05, 0) is 40.5 Å². The van der Waals surface area contributed by atoms with Crippen LogP contribution in [0.3, 0.4) is 0 Å². The van der Waals surface area contributed by atoms with Crippen LogP contribution in [0.2, 0.25) is 0 Å². The first kappa shape index (κ1) is 15.5. The lowest BCUT2D eigenvalue weighted by Crippen LogP contribution is -2.50. The zero-order chi connectivity index (χ0) is 16.1. The smallest absolute Gasteiger partial charge is 0.244 e. The van der Waals surface area contributed by atoms with Crippen molar-refractivity contribution in [1.82, 2.24) is 15.1 Å². The number of amides is 1. The molecule has 2 atom stereocenters. The van der Waals surface area contributed by atoms with E-state index in [9.17, 15) is 4.79 Å². The van der Waals surface area contributed by atoms with Crippen LogP contribution in [-0.2, 0) is 16.6 Å². The lowest BCUT2D eigenvalue weighted by molar-refractivity contribution is -0.119. The zero-order valence-corrected chi connectivity index (χ0v) is 14.1. The van der Waals surface area contributed by atoms with Crippen molar-refractivity contribution in [2.75, 3.05) is 11.4 Å². The molecule has 2 aliphatic heterocycles. The van der Waals surface area contributed by atoms with Gasteiger partial charge in [-0.1, -0.05) is 0 Å². The van der Waals surface area contributed by atoms with Gasteiger partial charge >= 0.3 is 0 Å². The van der Waals surface area contributed by atoms with Gasteiger partial charge in [-0.15, -0.1) is 0 Å². The van der Waals surface area contributed by atoms with Crippen molar-refractivity contribution in [3.63, 3.8) is 0 Å². The normalized spacial score (nSPS) is 30.2. The summed E-state index contributed by atoms with van der Waals surface area (Å²) in [6.45, 7) is 9.14. The Labute approximate surface area is 131 Å². The Hall–Kier alpha value is -1.40. The molecule has 0 radical (unpaired) electrons. The Kier molecular flexibility index (Phi) is 3.57. The van der Waals surface area contributed by atoms with Gasteiger partial charge in [0.05, 0.1) is 29.1 Å². The first-order chi connectivity index (χ1) is 10.2. The van der Waals surface area contributed by atoms with Crippen molar-refractivity contribution in [3.8, 4) is 0 Å². The summed E-state index contributed by atoms with van der Waals surface area (Å²) in [5.74, 6) is 0.133. The van der Waals surface area contributed by atoms with Crippen LogP contribution in [0.15, 0.2) is 12.4 Å². The Balaban J connectivity index is 1.69. The lowest BCUT2D eigenvalue weighted by atomic mass is 9.93. The van der Waals surface area contributed by atoms with Crippen LogP contribution < -0.4 is 10.2 Å². The third-order valence-corrected chi connectivity index (χ3v) is 4.69. The highest BCUT2D eigenvalue weighted by atomic mass is 16.5. The van der Waals surface area contributed by atoms with Gasteiger partial charge in [-0.25, -0.2) is 0 Å². The van der Waals surface area contributed by atoms with E-state index in [0.717, 1.165) is 25.1 Å². The highest BCUT2D eigenvalue weighted by Gasteiger charge is 2.48. The number of carbonyl (C=O) groups excluding carboxylic acids is 1. The topological polar surface area (TPSA) is 59.4 Å². The van der Waals surface area contributed by atoms with Gasteiger partial charge < -0.3 is 15.0 Å². The average Bonchev–Trinajstić information content (AvgIpc) is 2.99. The molecular weight excluding hydrogens is 280 g/mol. The maximum atomic E-state index is 12.7. The summed E-state index contributed by atoms with van der Waals surface area (Å²) >= 11 is 0. The number of nitrogens with zero attached hydrogens (tertiary/aromatic N) is 3. The summed E-state index contributed by atoms with van der Waals surface area (Å²) in [4.78, 5) is 14.5. The van der Waals surface area contributed by atoms with Crippen molar-refractivity contribution in [2.45, 2.75) is 63.8 Å². The summed E-state index contributed by atoms with van der Waals surface area (Å²) in [5, 5.41) is 7.69. The van der Waals surface area contributed by atoms with Crippen LogP contribution in [0, 0.1) is 0 Å². The van der Waals surface area contributed by atoms with E-state index in [1.807, 2.05) is 18.1 Å². The molecule has 0 unspecified atom stereocenters. The van der Waals surface area contributed by atoms with E-state index in [0.29, 0.717) is 0 Å². The van der Waals surface area contributed by atoms with Gasteiger partial charge in [0.2, 0.25) is 5.91 Å². The molecule has 6 heteroatoms. The molecule has 1 amide bonds. The standard InChI is InChI=1S/C16H26N4O2/c1-15(2)8-13(16(3,4)22-15)18-12-6-7-20(14(12)21)11-9-17-19(5)10-11/h9-10,12-13,18H,6-8H2,1-5H3/t12-,13-/m1/s1. The first-order valence-corrected chi connectivity index (χ1v) is 7.94. The van der Waals surface area contributed by atoms with Gasteiger partial charge in [0.25, 0.3) is 0 Å². The van der Waals surface area contributed by atoms with E-state index in [4.69, 9.17) is 4.74 Å². The molecule has 3 heterocycles. The second-order valence-electron chi connectivity index (χ2n) is 7.59. The van der Waals surface area contributed by atoms with Crippen molar-refractivity contribution >= 4 is 11.6 Å². The minimum atomic E-state index is -0.258. The van der Waals surface area contributed by atoms with Gasteiger partial charge in [0.15, 0.2) is 0 Å². The third kappa shape index (κ3) is 2.77. The number of carbonyl (C=O) groups is 1. The van der Waals surface area contributed by atoms with E-state index in [1.165, 1.54) is 0 Å². The quantitative estimate of drug-likeness (QED) is 0.918. The van der Waals surface area contributed by atoms with E-state index in [-0.39, 0.29) is 29.2 Å². The Morgan fingerprint density at radius 2 is 2.09 bits per heavy atom. The van der Waals surface area contributed by atoms with Crippen LogP contribution in [0.5, 0.6) is 0 Å². The van der Waals surface area contributed by atoms with E-state index in [1.54, 1.807) is 10.9 Å². The molecule has 3 rings (SSSR count). The summed E-state index contributed by atoms with van der Waals surface area (Å²) in [6, 6.07) is 0.0484. The molecule has 1 aromatic rings. The summed E-state index contributed by atoms with van der Waals surface area (Å²) < 4.78 is 7.83. The van der Waals surface area contributed by atoms with E-state index < -0.39 is 0 Å². The number of ether oxygens (including phenoxy) is 1. The molecule has 0 aromatic carbocycles. The third-order valence-electron chi connectivity index (χ3n) is 4.69. The fraction of sp³-hybridized carbons (Fsp3) is 0.750. The number of aryl methyl sites for hydroxylation is 1. The van der Waals surface area contributed by atoms with Gasteiger partial charge in [0.1, 0.15) is 0 Å². The van der Waals surface area contributed by atoms with Crippen LogP contribution in [0.4, 0.5) is 5.69 Å². The fourth-order valence-electron chi connectivity index (χ4n) is 3.70. The molecule has 0 spiro atoms. The molecule has 2 saturated heterocycles. The Bertz CT molecular complexity index is 578. The van der Waals surface area contributed by atoms with Crippen LogP contribution >= 0.6 is 0 Å². The SMILES string of the molecule is Cn1cc(N2CC[C@@H](N[C@@H]3CC(C)(C)OC3(C)C)C2=O)cn1. The molecule has 0 aliphatic carbocycles. The molecule has 6 nitrogen and oxygen atoms in total. The summed E-state index contributed by atoms with van der Waals surface area (Å²) in [5.41, 5.74) is 0.469. The van der Waals surface area contributed by atoms with Crippen LogP contribution in [-0.4, -0.2) is 45.5 Å². The van der Waals surface area contributed by atoms with Crippen molar-refractivity contribution in [2.24, 2.45) is 7.05 Å². The van der Waals surface area contributed by atoms with Gasteiger partial charge in [-0.2, -0.15) is 5.10 Å². The fourth-order valence-corrected chi connectivity index (χ4v) is 3.70. The lowest BCUT2D eigenvalue weighted by Gasteiger charge is -2.29. The van der Waals surface area contributed by atoms with Crippen molar-refractivity contribution < 1.29 is 9.53 Å². The number of hydrogen-bond acceptors (Lipinski definition) is 4. The zero-order valence-electron chi connectivity index (χ0n) is 14.1. The molecule has 1 aromatic heterocycles. The largest absolute Gasteiger partial charge is 0.368 e. The van der Waals surface area contributed by atoms with Gasteiger partial charge in [-0.3, -0.25) is 9.48 Å². The molecule has 0 bridgehead atoms. The highest BCUT2D eigenvalue weighted by molar-refractivity contribution is 5.99. The number of aromatic nitrogens is 2. The predicted molar refractivity (Wildman–Crippen MR) is 84.7 cm³/mol. The molecule has 122 valence electrons. The highest BCUT2D eigenvalue weighted by Crippen LogP contribution is 2.38. The predicted octanol–water partition coefficient (Wildman–Crippen LogP) is 1.46. The maximum absolute atomic E-state index is 12.7. The van der Waals surface area contributed by atoms with Crippen molar-refractivity contribution in [3.05, 3.63) is 12.4 Å². The monoisotopic (exact) mass is 306 g/mol. The van der Waals surface area contributed by atoms with Crippen LogP contribution in [0.25, 0.3) is 0 Å².